The Bertz CT molecular complexity index is 787. The highest BCUT2D eigenvalue weighted by Gasteiger charge is 2.23. The molecule has 1 amide bonds. The normalized spacial score (nSPS) is 17.1. The summed E-state index contributed by atoms with van der Waals surface area (Å²) in [5.74, 6) is 1.65. The first-order valence-corrected chi connectivity index (χ1v) is 9.79. The monoisotopic (exact) mass is 364 g/mol. The van der Waals surface area contributed by atoms with Gasteiger partial charge in [-0.25, -0.2) is 0 Å². The zero-order valence-electron chi connectivity index (χ0n) is 14.4. The number of hydrogen-bond acceptors (Lipinski definition) is 4. The molecule has 0 aliphatic heterocycles. The maximum Gasteiger partial charge on any atom is 0.252 e. The molecule has 3 rings (SSSR count). The van der Waals surface area contributed by atoms with E-state index in [2.05, 4.69) is 36.3 Å². The Hall–Kier alpha value is -1.47. The molecule has 0 saturated heterocycles. The fourth-order valence-corrected chi connectivity index (χ4v) is 4.90. The average Bonchev–Trinajstić information content (AvgIpc) is 3.10. The quantitative estimate of drug-likeness (QED) is 0.796. The van der Waals surface area contributed by atoms with E-state index in [-0.39, 0.29) is 11.9 Å². The molecule has 1 atom stereocenters. The Labute approximate surface area is 151 Å². The maximum atomic E-state index is 12.5. The molecule has 0 aromatic carbocycles. The lowest BCUT2D eigenvalue weighted by Crippen LogP contribution is -2.27. The minimum atomic E-state index is 0.0345. The van der Waals surface area contributed by atoms with Crippen molar-refractivity contribution >= 4 is 29.5 Å². The van der Waals surface area contributed by atoms with E-state index in [9.17, 15) is 4.79 Å². The zero-order chi connectivity index (χ0) is 17.3. The van der Waals surface area contributed by atoms with Crippen LogP contribution in [0, 0.1) is 10.7 Å². The third kappa shape index (κ3) is 3.47. The molecule has 2 aromatic heterocycles. The summed E-state index contributed by atoms with van der Waals surface area (Å²) in [6, 6.07) is 0.257. The molecular formula is C17H24N4OS2. The number of carbonyl (C=O) groups excluding carboxylic acids is 1. The van der Waals surface area contributed by atoms with E-state index in [1.807, 2.05) is 9.95 Å². The lowest BCUT2D eigenvalue weighted by Gasteiger charge is -2.18. The summed E-state index contributed by atoms with van der Waals surface area (Å²) in [6.07, 6.45) is 3.97. The summed E-state index contributed by atoms with van der Waals surface area (Å²) < 4.78 is 2.63. The van der Waals surface area contributed by atoms with Crippen molar-refractivity contribution in [3.63, 3.8) is 0 Å². The van der Waals surface area contributed by atoms with Gasteiger partial charge in [-0.05, 0) is 56.8 Å². The molecule has 2 N–H and O–H groups in total. The van der Waals surface area contributed by atoms with Crippen LogP contribution < -0.4 is 5.32 Å². The van der Waals surface area contributed by atoms with Gasteiger partial charge in [0.25, 0.3) is 5.91 Å². The number of carbonyl (C=O) groups is 1. The van der Waals surface area contributed by atoms with Crippen LogP contribution in [0.15, 0.2) is 5.38 Å². The van der Waals surface area contributed by atoms with Crippen LogP contribution in [0.4, 0.5) is 0 Å². The van der Waals surface area contributed by atoms with Crippen LogP contribution in [0.2, 0.25) is 0 Å². The van der Waals surface area contributed by atoms with Gasteiger partial charge in [0.15, 0.2) is 4.77 Å². The van der Waals surface area contributed by atoms with E-state index >= 15 is 0 Å². The number of aromatic amines is 1. The van der Waals surface area contributed by atoms with Gasteiger partial charge in [0.05, 0.1) is 5.56 Å². The maximum absolute atomic E-state index is 12.5. The first-order chi connectivity index (χ1) is 11.5. The highest BCUT2D eigenvalue weighted by molar-refractivity contribution is 7.71. The highest BCUT2D eigenvalue weighted by atomic mass is 32.1. The Morgan fingerprint density at radius 2 is 2.38 bits per heavy atom. The minimum Gasteiger partial charge on any atom is -0.352 e. The van der Waals surface area contributed by atoms with Gasteiger partial charge in [-0.1, -0.05) is 6.92 Å². The van der Waals surface area contributed by atoms with Crippen molar-refractivity contribution in [2.45, 2.75) is 52.5 Å². The van der Waals surface area contributed by atoms with Crippen molar-refractivity contribution in [1.82, 2.24) is 20.1 Å². The number of nitrogens with zero attached hydrogens (tertiary/aromatic N) is 2. The molecule has 2 aromatic rings. The predicted molar refractivity (Wildman–Crippen MR) is 99.3 cm³/mol. The third-order valence-electron chi connectivity index (χ3n) is 4.57. The molecule has 130 valence electrons. The van der Waals surface area contributed by atoms with Crippen molar-refractivity contribution in [2.75, 3.05) is 6.54 Å². The van der Waals surface area contributed by atoms with E-state index in [1.165, 1.54) is 16.9 Å². The number of nitrogens with one attached hydrogen (secondary N) is 2. The van der Waals surface area contributed by atoms with Crippen LogP contribution in [0.5, 0.6) is 0 Å². The molecule has 0 fully saturated rings. The van der Waals surface area contributed by atoms with E-state index < -0.39 is 0 Å². The van der Waals surface area contributed by atoms with E-state index in [4.69, 9.17) is 12.2 Å². The van der Waals surface area contributed by atoms with Gasteiger partial charge in [-0.15, -0.1) is 11.3 Å². The molecular weight excluding hydrogens is 340 g/mol. The summed E-state index contributed by atoms with van der Waals surface area (Å²) in [6.45, 7) is 6.99. The van der Waals surface area contributed by atoms with Crippen LogP contribution in [0.3, 0.4) is 0 Å². The van der Waals surface area contributed by atoms with Crippen LogP contribution >= 0.6 is 23.6 Å². The minimum absolute atomic E-state index is 0.0345. The summed E-state index contributed by atoms with van der Waals surface area (Å²) in [4.78, 5) is 13.9. The van der Waals surface area contributed by atoms with Gasteiger partial charge in [0.2, 0.25) is 0 Å². The molecule has 2 heterocycles. The molecule has 0 saturated carbocycles. The number of hydrogen-bond donors (Lipinski definition) is 2. The number of aromatic nitrogens is 3. The third-order valence-corrected chi connectivity index (χ3v) is 5.91. The Kier molecular flexibility index (Phi) is 5.20. The second-order valence-electron chi connectivity index (χ2n) is 6.81. The van der Waals surface area contributed by atoms with Gasteiger partial charge in [0, 0.05) is 29.3 Å². The highest BCUT2D eigenvalue weighted by Crippen LogP contribution is 2.32. The fourth-order valence-electron chi connectivity index (χ4n) is 3.30. The largest absolute Gasteiger partial charge is 0.352 e. The van der Waals surface area contributed by atoms with Gasteiger partial charge < -0.3 is 9.88 Å². The Morgan fingerprint density at radius 3 is 3.12 bits per heavy atom. The van der Waals surface area contributed by atoms with Gasteiger partial charge in [0.1, 0.15) is 5.82 Å². The van der Waals surface area contributed by atoms with Gasteiger partial charge >= 0.3 is 0 Å². The van der Waals surface area contributed by atoms with E-state index in [0.29, 0.717) is 17.7 Å². The summed E-state index contributed by atoms with van der Waals surface area (Å²) >= 11 is 6.98. The second-order valence-corrected chi connectivity index (χ2v) is 8.16. The molecule has 24 heavy (non-hydrogen) atoms. The molecule has 1 aliphatic carbocycles. The number of thiophene rings is 1. The smallest absolute Gasteiger partial charge is 0.252 e. The van der Waals surface area contributed by atoms with Crippen molar-refractivity contribution in [2.24, 2.45) is 5.92 Å². The van der Waals surface area contributed by atoms with Crippen LogP contribution in [0.25, 0.3) is 0 Å². The molecule has 1 unspecified atom stereocenters. The first kappa shape index (κ1) is 17.4. The SMILES string of the molecule is CC1CCc2c(C(=O)NCCc3n[nH]c(=S)n3C(C)C)csc2C1. The molecule has 5 nitrogen and oxygen atoms in total. The summed E-state index contributed by atoms with van der Waals surface area (Å²) in [5.41, 5.74) is 2.13. The fraction of sp³-hybridized carbons (Fsp3) is 0.588. The lowest BCUT2D eigenvalue weighted by atomic mass is 9.88. The number of fused-ring (bicyclic) bond motifs is 1. The van der Waals surface area contributed by atoms with Gasteiger partial charge in [-0.3, -0.25) is 9.89 Å². The van der Waals surface area contributed by atoms with Crippen LogP contribution in [0.1, 0.15) is 59.9 Å². The van der Waals surface area contributed by atoms with Gasteiger partial charge in [-0.2, -0.15) is 5.10 Å². The van der Waals surface area contributed by atoms with Crippen molar-refractivity contribution < 1.29 is 4.79 Å². The van der Waals surface area contributed by atoms with Crippen molar-refractivity contribution in [3.05, 3.63) is 32.0 Å². The lowest BCUT2D eigenvalue weighted by molar-refractivity contribution is 0.0953. The van der Waals surface area contributed by atoms with E-state index in [1.54, 1.807) is 11.3 Å². The zero-order valence-corrected chi connectivity index (χ0v) is 16.0. The number of H-pyrrole nitrogens is 1. The van der Waals surface area contributed by atoms with Crippen molar-refractivity contribution in [3.8, 4) is 0 Å². The second kappa shape index (κ2) is 7.19. The average molecular weight is 365 g/mol. The van der Waals surface area contributed by atoms with E-state index in [0.717, 1.165) is 30.1 Å². The first-order valence-electron chi connectivity index (χ1n) is 8.50. The summed E-state index contributed by atoms with van der Waals surface area (Å²) in [7, 11) is 0. The van der Waals surface area contributed by atoms with Crippen molar-refractivity contribution in [1.29, 1.82) is 0 Å². The molecule has 7 heteroatoms. The van der Waals surface area contributed by atoms with Crippen LogP contribution in [-0.4, -0.2) is 27.2 Å². The standard InChI is InChI=1S/C17H24N4OS2/c1-10(2)21-15(19-20-17(21)23)6-7-18-16(22)13-9-24-14-8-11(3)4-5-12(13)14/h9-11H,4-8H2,1-3H3,(H,18,22)(H,20,23). The predicted octanol–water partition coefficient (Wildman–Crippen LogP) is 3.68. The topological polar surface area (TPSA) is 62.7 Å². The Morgan fingerprint density at radius 1 is 1.58 bits per heavy atom. The Balaban J connectivity index is 1.62. The molecule has 0 spiro atoms. The number of rotatable bonds is 5. The molecule has 0 bridgehead atoms. The molecule has 1 aliphatic rings. The van der Waals surface area contributed by atoms with Crippen LogP contribution in [-0.2, 0) is 19.3 Å². The number of amides is 1. The molecule has 0 radical (unpaired) electrons. The summed E-state index contributed by atoms with van der Waals surface area (Å²) in [5, 5.41) is 12.2.